The zero-order valence-corrected chi connectivity index (χ0v) is 12.1. The summed E-state index contributed by atoms with van der Waals surface area (Å²) in [5.41, 5.74) is 2.82. The van der Waals surface area contributed by atoms with Gasteiger partial charge < -0.3 is 10.0 Å². The minimum atomic E-state index is -1.12. The van der Waals surface area contributed by atoms with Gasteiger partial charge in [-0.25, -0.2) is 9.18 Å². The van der Waals surface area contributed by atoms with E-state index in [1.807, 2.05) is 32.0 Å². The molecule has 0 saturated heterocycles. The fourth-order valence-electron chi connectivity index (χ4n) is 2.30. The molecule has 1 N–H and O–H groups in total. The van der Waals surface area contributed by atoms with Gasteiger partial charge in [-0.1, -0.05) is 12.1 Å². The molecule has 2 rings (SSSR count). The van der Waals surface area contributed by atoms with Crippen LogP contribution in [-0.4, -0.2) is 17.6 Å². The Labute approximate surface area is 123 Å². The molecule has 0 fully saturated rings. The van der Waals surface area contributed by atoms with Crippen LogP contribution >= 0.6 is 0 Å². The van der Waals surface area contributed by atoms with E-state index in [0.717, 1.165) is 23.9 Å². The highest BCUT2D eigenvalue weighted by atomic mass is 19.1. The van der Waals surface area contributed by atoms with Crippen LogP contribution in [0.15, 0.2) is 42.5 Å². The molecule has 0 aliphatic carbocycles. The van der Waals surface area contributed by atoms with Crippen LogP contribution in [0.3, 0.4) is 0 Å². The number of rotatable bonds is 5. The van der Waals surface area contributed by atoms with Gasteiger partial charge in [-0.2, -0.15) is 0 Å². The standard InChI is InChI=1S/C17H18FNO2/c1-3-19(16-6-4-5-12(2)7-16)11-13-8-14(17(20)21)10-15(18)9-13/h4-10H,3,11H2,1-2H3,(H,20,21). The molecular weight excluding hydrogens is 269 g/mol. The SMILES string of the molecule is CCN(Cc1cc(F)cc(C(=O)O)c1)c1cccc(C)c1. The molecule has 0 saturated carbocycles. The van der Waals surface area contributed by atoms with Crippen molar-refractivity contribution in [1.29, 1.82) is 0 Å². The lowest BCUT2D eigenvalue weighted by molar-refractivity contribution is 0.0696. The van der Waals surface area contributed by atoms with Gasteiger partial charge in [0.2, 0.25) is 0 Å². The quantitative estimate of drug-likeness (QED) is 0.907. The van der Waals surface area contributed by atoms with E-state index in [-0.39, 0.29) is 5.56 Å². The van der Waals surface area contributed by atoms with Gasteiger partial charge in [-0.3, -0.25) is 0 Å². The molecule has 2 aromatic carbocycles. The van der Waals surface area contributed by atoms with Crippen LogP contribution in [0.4, 0.5) is 10.1 Å². The molecule has 2 aromatic rings. The normalized spacial score (nSPS) is 10.4. The van der Waals surface area contributed by atoms with Crippen molar-refractivity contribution in [3.05, 3.63) is 65.0 Å². The third kappa shape index (κ3) is 3.81. The van der Waals surface area contributed by atoms with Crippen molar-refractivity contribution < 1.29 is 14.3 Å². The lowest BCUT2D eigenvalue weighted by Gasteiger charge is -2.24. The van der Waals surface area contributed by atoms with Crippen LogP contribution in [-0.2, 0) is 6.54 Å². The van der Waals surface area contributed by atoms with Gasteiger partial charge >= 0.3 is 5.97 Å². The first-order valence-corrected chi connectivity index (χ1v) is 6.84. The number of nitrogens with zero attached hydrogens (tertiary/aromatic N) is 1. The van der Waals surface area contributed by atoms with Crippen molar-refractivity contribution in [3.63, 3.8) is 0 Å². The third-order valence-electron chi connectivity index (χ3n) is 3.33. The van der Waals surface area contributed by atoms with Gasteiger partial charge in [0.15, 0.2) is 0 Å². The fraction of sp³-hybridized carbons (Fsp3) is 0.235. The smallest absolute Gasteiger partial charge is 0.335 e. The maximum absolute atomic E-state index is 13.5. The van der Waals surface area contributed by atoms with Crippen molar-refractivity contribution in [3.8, 4) is 0 Å². The van der Waals surface area contributed by atoms with Crippen molar-refractivity contribution in [1.82, 2.24) is 0 Å². The molecule has 21 heavy (non-hydrogen) atoms. The Morgan fingerprint density at radius 2 is 2.00 bits per heavy atom. The number of hydrogen-bond acceptors (Lipinski definition) is 2. The maximum Gasteiger partial charge on any atom is 0.335 e. The second-order valence-corrected chi connectivity index (χ2v) is 5.01. The van der Waals surface area contributed by atoms with E-state index in [2.05, 4.69) is 11.0 Å². The number of anilines is 1. The van der Waals surface area contributed by atoms with Gasteiger partial charge in [-0.05, 0) is 55.3 Å². The molecule has 110 valence electrons. The molecule has 0 aromatic heterocycles. The Bertz CT molecular complexity index is 655. The number of benzene rings is 2. The number of carboxylic acids is 1. The van der Waals surface area contributed by atoms with Gasteiger partial charge in [0.1, 0.15) is 5.82 Å². The lowest BCUT2D eigenvalue weighted by atomic mass is 10.1. The molecule has 0 spiro atoms. The molecule has 0 radical (unpaired) electrons. The molecule has 0 amide bonds. The van der Waals surface area contributed by atoms with Crippen LogP contribution in [0, 0.1) is 12.7 Å². The molecule has 0 unspecified atom stereocenters. The first-order chi connectivity index (χ1) is 9.99. The number of aromatic carboxylic acids is 1. The van der Waals surface area contributed by atoms with Crippen molar-refractivity contribution in [2.75, 3.05) is 11.4 Å². The number of aryl methyl sites for hydroxylation is 1. The number of hydrogen-bond donors (Lipinski definition) is 1. The van der Waals surface area contributed by atoms with Gasteiger partial charge in [0, 0.05) is 18.8 Å². The molecule has 4 heteroatoms. The Kier molecular flexibility index (Phi) is 4.58. The van der Waals surface area contributed by atoms with E-state index < -0.39 is 11.8 Å². The topological polar surface area (TPSA) is 40.5 Å². The summed E-state index contributed by atoms with van der Waals surface area (Å²) in [5.74, 6) is -1.64. The summed E-state index contributed by atoms with van der Waals surface area (Å²) in [5, 5.41) is 9.00. The van der Waals surface area contributed by atoms with E-state index in [4.69, 9.17) is 5.11 Å². The Morgan fingerprint density at radius 1 is 1.24 bits per heavy atom. The molecule has 3 nitrogen and oxygen atoms in total. The fourth-order valence-corrected chi connectivity index (χ4v) is 2.30. The average Bonchev–Trinajstić information content (AvgIpc) is 2.44. The average molecular weight is 287 g/mol. The second kappa shape index (κ2) is 6.39. The number of halogens is 1. The maximum atomic E-state index is 13.5. The predicted molar refractivity (Wildman–Crippen MR) is 81.3 cm³/mol. The molecule has 0 atom stereocenters. The Hall–Kier alpha value is -2.36. The summed E-state index contributed by atoms with van der Waals surface area (Å²) >= 11 is 0. The van der Waals surface area contributed by atoms with Crippen LogP contribution in [0.5, 0.6) is 0 Å². The summed E-state index contributed by atoms with van der Waals surface area (Å²) in [4.78, 5) is 13.1. The van der Waals surface area contributed by atoms with Crippen molar-refractivity contribution >= 4 is 11.7 Å². The molecule has 0 heterocycles. The molecule has 0 aliphatic heterocycles. The highest BCUT2D eigenvalue weighted by Gasteiger charge is 2.10. The van der Waals surface area contributed by atoms with E-state index >= 15 is 0 Å². The molecular formula is C17H18FNO2. The van der Waals surface area contributed by atoms with Gasteiger partial charge in [0.25, 0.3) is 0 Å². The lowest BCUT2D eigenvalue weighted by Crippen LogP contribution is -2.22. The van der Waals surface area contributed by atoms with Gasteiger partial charge in [0.05, 0.1) is 5.56 Å². The molecule has 0 aliphatic rings. The van der Waals surface area contributed by atoms with E-state index in [0.29, 0.717) is 12.1 Å². The summed E-state index contributed by atoms with van der Waals surface area (Å²) in [7, 11) is 0. The zero-order chi connectivity index (χ0) is 15.4. The van der Waals surface area contributed by atoms with E-state index in [1.165, 1.54) is 12.1 Å². The van der Waals surface area contributed by atoms with Crippen LogP contribution in [0.1, 0.15) is 28.4 Å². The number of carbonyl (C=O) groups is 1. The Morgan fingerprint density at radius 3 is 2.62 bits per heavy atom. The Balaban J connectivity index is 2.28. The van der Waals surface area contributed by atoms with E-state index in [1.54, 1.807) is 0 Å². The monoisotopic (exact) mass is 287 g/mol. The summed E-state index contributed by atoms with van der Waals surface area (Å²) in [6.45, 7) is 5.25. The number of carboxylic acid groups (broad SMARTS) is 1. The first kappa shape index (κ1) is 15.0. The second-order valence-electron chi connectivity index (χ2n) is 5.01. The van der Waals surface area contributed by atoms with E-state index in [9.17, 15) is 9.18 Å². The van der Waals surface area contributed by atoms with Crippen molar-refractivity contribution in [2.24, 2.45) is 0 Å². The first-order valence-electron chi connectivity index (χ1n) is 6.84. The zero-order valence-electron chi connectivity index (χ0n) is 12.1. The molecule has 0 bridgehead atoms. The highest BCUT2D eigenvalue weighted by Crippen LogP contribution is 2.19. The predicted octanol–water partition coefficient (Wildman–Crippen LogP) is 3.86. The minimum Gasteiger partial charge on any atom is -0.478 e. The minimum absolute atomic E-state index is 0.0229. The third-order valence-corrected chi connectivity index (χ3v) is 3.33. The van der Waals surface area contributed by atoms with Gasteiger partial charge in [-0.15, -0.1) is 0 Å². The van der Waals surface area contributed by atoms with Crippen LogP contribution in [0.2, 0.25) is 0 Å². The van der Waals surface area contributed by atoms with Crippen LogP contribution < -0.4 is 4.90 Å². The summed E-state index contributed by atoms with van der Waals surface area (Å²) < 4.78 is 13.5. The van der Waals surface area contributed by atoms with Crippen molar-refractivity contribution in [2.45, 2.75) is 20.4 Å². The summed E-state index contributed by atoms with van der Waals surface area (Å²) in [6.07, 6.45) is 0. The largest absolute Gasteiger partial charge is 0.478 e. The van der Waals surface area contributed by atoms with Crippen LogP contribution in [0.25, 0.3) is 0 Å². The highest BCUT2D eigenvalue weighted by molar-refractivity contribution is 5.87. The summed E-state index contributed by atoms with van der Waals surface area (Å²) in [6, 6.07) is 12.0.